The summed E-state index contributed by atoms with van der Waals surface area (Å²) < 4.78 is 5.24. The Morgan fingerprint density at radius 1 is 1.05 bits per heavy atom. The fourth-order valence-electron chi connectivity index (χ4n) is 4.84. The molecule has 2 aromatic carbocycles. The van der Waals surface area contributed by atoms with Crippen LogP contribution in [0.5, 0.6) is 0 Å². The smallest absolute Gasteiger partial charge is 0.236 e. The Hall–Kier alpha value is -2.36. The van der Waals surface area contributed by atoms with Gasteiger partial charge in [-0.05, 0) is 50.3 Å². The molecule has 8 nitrogen and oxygen atoms in total. The number of halogens is 2. The monoisotopic (exact) mass is 577 g/mol. The molecule has 2 aromatic rings. The number of carbonyl (C=O) groups is 2. The molecule has 2 amide bonds. The Bertz CT molecular complexity index is 1110. The number of hydrogen-bond acceptors (Lipinski definition) is 6. The number of methoxy groups -OCH3 is 1. The summed E-state index contributed by atoms with van der Waals surface area (Å²) >= 11 is 12.7. The predicted molar refractivity (Wildman–Crippen MR) is 159 cm³/mol. The molecule has 2 unspecified atom stereocenters. The number of benzene rings is 2. The molecular formula is C29H41Cl2N5O3. The molecule has 39 heavy (non-hydrogen) atoms. The molecule has 0 aromatic heterocycles. The minimum atomic E-state index is -0.492. The van der Waals surface area contributed by atoms with E-state index in [0.717, 1.165) is 19.6 Å². The van der Waals surface area contributed by atoms with Crippen molar-refractivity contribution in [3.05, 3.63) is 63.6 Å². The summed E-state index contributed by atoms with van der Waals surface area (Å²) in [7, 11) is 7.12. The molecule has 0 bridgehead atoms. The van der Waals surface area contributed by atoms with Crippen LogP contribution in [0.3, 0.4) is 0 Å². The maximum Gasteiger partial charge on any atom is 0.236 e. The third-order valence-electron chi connectivity index (χ3n) is 7.02. The first-order valence-corrected chi connectivity index (χ1v) is 14.0. The summed E-state index contributed by atoms with van der Waals surface area (Å²) in [5.74, 6) is -0.0859. The predicted octanol–water partition coefficient (Wildman–Crippen LogP) is 3.92. The van der Waals surface area contributed by atoms with Crippen LogP contribution in [0, 0.1) is 0 Å². The van der Waals surface area contributed by atoms with Gasteiger partial charge >= 0.3 is 0 Å². The zero-order valence-electron chi connectivity index (χ0n) is 23.6. The lowest BCUT2D eigenvalue weighted by molar-refractivity contribution is -0.137. The molecule has 1 aliphatic rings. The Labute approximate surface area is 242 Å². The van der Waals surface area contributed by atoms with Gasteiger partial charge in [-0.2, -0.15) is 0 Å². The number of amides is 2. The highest BCUT2D eigenvalue weighted by Crippen LogP contribution is 2.32. The summed E-state index contributed by atoms with van der Waals surface area (Å²) in [5.41, 5.74) is 3.12. The van der Waals surface area contributed by atoms with E-state index in [1.54, 1.807) is 37.3 Å². The minimum absolute atomic E-state index is 0.00138. The molecule has 1 heterocycles. The third-order valence-corrected chi connectivity index (χ3v) is 7.59. The van der Waals surface area contributed by atoms with Gasteiger partial charge in [-0.15, -0.1) is 0 Å². The Morgan fingerprint density at radius 3 is 2.38 bits per heavy atom. The second kappa shape index (κ2) is 14.9. The zero-order chi connectivity index (χ0) is 28.5. The fourth-order valence-corrected chi connectivity index (χ4v) is 5.37. The molecule has 10 heteroatoms. The fraction of sp³-hybridized carbons (Fsp3) is 0.517. The van der Waals surface area contributed by atoms with Gasteiger partial charge in [-0.1, -0.05) is 47.5 Å². The minimum Gasteiger partial charge on any atom is -0.383 e. The van der Waals surface area contributed by atoms with Crippen LogP contribution in [0.4, 0.5) is 5.69 Å². The molecule has 214 valence electrons. The lowest BCUT2D eigenvalue weighted by atomic mass is 10.0. The average molecular weight is 579 g/mol. The Morgan fingerprint density at radius 2 is 1.74 bits per heavy atom. The number of anilines is 1. The van der Waals surface area contributed by atoms with E-state index in [1.807, 2.05) is 23.9 Å². The maximum absolute atomic E-state index is 13.5. The van der Waals surface area contributed by atoms with Gasteiger partial charge in [-0.3, -0.25) is 9.59 Å². The van der Waals surface area contributed by atoms with E-state index >= 15 is 0 Å². The van der Waals surface area contributed by atoms with E-state index < -0.39 is 6.04 Å². The van der Waals surface area contributed by atoms with Crippen LogP contribution in [-0.2, 0) is 20.9 Å². The van der Waals surface area contributed by atoms with Gasteiger partial charge in [0.25, 0.3) is 0 Å². The second-order valence-electron chi connectivity index (χ2n) is 10.4. The van der Waals surface area contributed by atoms with Crippen LogP contribution >= 0.6 is 23.2 Å². The maximum atomic E-state index is 13.5. The number of nitrogens with one attached hydrogen (secondary N) is 1. The standard InChI is InChI=1S/C29H41Cl2N5O3/c1-21(20-39-5)32-18-22-8-6-7-9-26(22)35-12-14-36(15-13-35)28(37)17-27(34(4)29(38)19-33(2)3)24-11-10-23(30)16-25(24)31/h6-11,16,21,27,32H,12-15,17-20H2,1-5H3. The van der Waals surface area contributed by atoms with Crippen molar-refractivity contribution < 1.29 is 14.3 Å². The van der Waals surface area contributed by atoms with E-state index in [-0.39, 0.29) is 30.8 Å². The van der Waals surface area contributed by atoms with Crippen molar-refractivity contribution in [2.45, 2.75) is 32.0 Å². The van der Waals surface area contributed by atoms with Crippen molar-refractivity contribution in [3.63, 3.8) is 0 Å². The van der Waals surface area contributed by atoms with Crippen molar-refractivity contribution in [1.29, 1.82) is 0 Å². The lowest BCUT2D eigenvalue weighted by Crippen LogP contribution is -2.50. The van der Waals surface area contributed by atoms with Crippen LogP contribution in [0.25, 0.3) is 0 Å². The van der Waals surface area contributed by atoms with Crippen LogP contribution in [0.2, 0.25) is 10.0 Å². The topological polar surface area (TPSA) is 68.4 Å². The molecule has 1 saturated heterocycles. The van der Waals surface area contributed by atoms with Crippen molar-refractivity contribution >= 4 is 40.7 Å². The van der Waals surface area contributed by atoms with E-state index in [1.165, 1.54) is 11.3 Å². The summed E-state index contributed by atoms with van der Waals surface area (Å²) in [6, 6.07) is 13.3. The summed E-state index contributed by atoms with van der Waals surface area (Å²) in [5, 5.41) is 4.47. The SMILES string of the molecule is COCC(C)NCc1ccccc1N1CCN(C(=O)CC(c2ccc(Cl)cc2Cl)N(C)C(=O)CN(C)C)CC1. The number of piperazine rings is 1. The highest BCUT2D eigenvalue weighted by Gasteiger charge is 2.30. The van der Waals surface area contributed by atoms with Gasteiger partial charge < -0.3 is 29.7 Å². The van der Waals surface area contributed by atoms with Crippen LogP contribution in [0.15, 0.2) is 42.5 Å². The first-order chi connectivity index (χ1) is 18.6. The summed E-state index contributed by atoms with van der Waals surface area (Å²) in [6.45, 7) is 6.43. The molecule has 1 aliphatic heterocycles. The number of nitrogens with zero attached hydrogens (tertiary/aromatic N) is 4. The molecule has 0 radical (unpaired) electrons. The number of likely N-dealkylation sites (N-methyl/N-ethyl adjacent to an activating group) is 2. The van der Waals surface area contributed by atoms with Gasteiger partial charge in [0, 0.05) is 68.7 Å². The first-order valence-electron chi connectivity index (χ1n) is 13.3. The van der Waals surface area contributed by atoms with Crippen LogP contribution in [-0.4, -0.2) is 100 Å². The molecule has 1 fully saturated rings. The molecular weight excluding hydrogens is 537 g/mol. The van der Waals surface area contributed by atoms with Crippen LogP contribution in [0.1, 0.15) is 30.5 Å². The Kier molecular flexibility index (Phi) is 11.9. The lowest BCUT2D eigenvalue weighted by Gasteiger charge is -2.38. The van der Waals surface area contributed by atoms with Gasteiger partial charge in [0.05, 0.1) is 25.6 Å². The summed E-state index contributed by atoms with van der Waals surface area (Å²) in [4.78, 5) is 34.1. The Balaban J connectivity index is 1.68. The number of ether oxygens (including phenoxy) is 1. The highest BCUT2D eigenvalue weighted by molar-refractivity contribution is 6.35. The number of hydrogen-bond donors (Lipinski definition) is 1. The van der Waals surface area contributed by atoms with Crippen molar-refractivity contribution in [1.82, 2.24) is 20.0 Å². The van der Waals surface area contributed by atoms with Gasteiger partial charge in [-0.25, -0.2) is 0 Å². The van der Waals surface area contributed by atoms with Gasteiger partial charge in [0.15, 0.2) is 0 Å². The molecule has 3 rings (SSSR count). The average Bonchev–Trinajstić information content (AvgIpc) is 2.90. The zero-order valence-corrected chi connectivity index (χ0v) is 25.1. The van der Waals surface area contributed by atoms with Gasteiger partial charge in [0.2, 0.25) is 11.8 Å². The van der Waals surface area contributed by atoms with Crippen molar-refractivity contribution in [2.24, 2.45) is 0 Å². The normalized spacial score (nSPS) is 15.4. The number of para-hydroxylation sites is 1. The number of carbonyl (C=O) groups excluding carboxylic acids is 2. The third kappa shape index (κ3) is 8.82. The molecule has 0 spiro atoms. The summed E-state index contributed by atoms with van der Waals surface area (Å²) in [6.07, 6.45) is 0.148. The highest BCUT2D eigenvalue weighted by atomic mass is 35.5. The van der Waals surface area contributed by atoms with E-state index in [4.69, 9.17) is 27.9 Å². The van der Waals surface area contributed by atoms with Crippen LogP contribution < -0.4 is 10.2 Å². The van der Waals surface area contributed by atoms with Crippen molar-refractivity contribution in [3.8, 4) is 0 Å². The molecule has 0 saturated carbocycles. The van der Waals surface area contributed by atoms with Gasteiger partial charge in [0.1, 0.15) is 0 Å². The second-order valence-corrected chi connectivity index (χ2v) is 11.2. The van der Waals surface area contributed by atoms with E-state index in [0.29, 0.717) is 35.3 Å². The largest absolute Gasteiger partial charge is 0.383 e. The first kappa shape index (κ1) is 31.2. The molecule has 1 N–H and O–H groups in total. The van der Waals surface area contributed by atoms with E-state index in [9.17, 15) is 9.59 Å². The quantitative estimate of drug-likeness (QED) is 0.412. The van der Waals surface area contributed by atoms with Crippen molar-refractivity contribution in [2.75, 3.05) is 72.5 Å². The molecule has 0 aliphatic carbocycles. The number of rotatable bonds is 12. The molecule has 2 atom stereocenters. The van der Waals surface area contributed by atoms with E-state index in [2.05, 4.69) is 41.4 Å².